The van der Waals surface area contributed by atoms with Gasteiger partial charge in [-0.3, -0.25) is 19.2 Å². The molecule has 2 heterocycles. The number of nitrogens with one attached hydrogen (secondary N) is 3. The number of hydrogen-bond acceptors (Lipinski definition) is 6. The summed E-state index contributed by atoms with van der Waals surface area (Å²) in [7, 11) is -3.77. The van der Waals surface area contributed by atoms with Gasteiger partial charge in [0, 0.05) is 37.1 Å². The van der Waals surface area contributed by atoms with Crippen LogP contribution < -0.4 is 21.3 Å². The molecule has 4 rings (SSSR count). The standard InChI is InChI=1S/C27H39F2N5O6S/c1-25(2,3)20(33-41(6,39)40)24(38)34-12-15-18(26(15,4)5)19(34)23(37)32-17(21(30)35)10-13-9-14-11-27(28,29)8-7-16(14)31-22(13)36/h9,15,17-20,33H,7-8,10-12H2,1-6H3,(H2,30,35)(H,31,36)(H,32,37)/t15-,17?,18-,19-,20+/m0/s1. The summed E-state index contributed by atoms with van der Waals surface area (Å²) in [6.45, 7) is 9.28. The van der Waals surface area contributed by atoms with Crippen LogP contribution in [0.5, 0.6) is 0 Å². The zero-order valence-electron chi connectivity index (χ0n) is 24.1. The van der Waals surface area contributed by atoms with Crippen LogP contribution in [0.1, 0.15) is 57.9 Å². The van der Waals surface area contributed by atoms with Crippen LogP contribution in [0.3, 0.4) is 0 Å². The van der Waals surface area contributed by atoms with E-state index in [4.69, 9.17) is 5.73 Å². The second kappa shape index (κ2) is 10.1. The number of nitrogens with zero attached hydrogens (tertiary/aromatic N) is 1. The van der Waals surface area contributed by atoms with Gasteiger partial charge in [0.15, 0.2) is 0 Å². The second-order valence-corrected chi connectivity index (χ2v) is 15.2. The Morgan fingerprint density at radius 2 is 1.88 bits per heavy atom. The van der Waals surface area contributed by atoms with E-state index in [9.17, 15) is 36.4 Å². The van der Waals surface area contributed by atoms with Crippen molar-refractivity contribution < 1.29 is 31.6 Å². The van der Waals surface area contributed by atoms with Crippen LogP contribution in [0.15, 0.2) is 10.9 Å². The molecule has 2 fully saturated rings. The first kappa shape index (κ1) is 31.1. The Balaban J connectivity index is 1.59. The highest BCUT2D eigenvalue weighted by Crippen LogP contribution is 2.65. The molecule has 41 heavy (non-hydrogen) atoms. The highest BCUT2D eigenvalue weighted by molar-refractivity contribution is 7.88. The Morgan fingerprint density at radius 1 is 1.24 bits per heavy atom. The van der Waals surface area contributed by atoms with Crippen molar-refractivity contribution in [1.29, 1.82) is 0 Å². The number of rotatable bonds is 8. The van der Waals surface area contributed by atoms with Gasteiger partial charge in [-0.15, -0.1) is 0 Å². The molecular formula is C27H39F2N5O6S. The molecule has 11 nitrogen and oxygen atoms in total. The van der Waals surface area contributed by atoms with Crippen LogP contribution in [-0.2, 0) is 43.7 Å². The minimum absolute atomic E-state index is 0.0153. The summed E-state index contributed by atoms with van der Waals surface area (Å²) >= 11 is 0. The average Bonchev–Trinajstić information content (AvgIpc) is 3.13. The third kappa shape index (κ3) is 6.32. The zero-order valence-corrected chi connectivity index (χ0v) is 25.0. The Kier molecular flexibility index (Phi) is 7.69. The number of sulfonamides is 1. The Morgan fingerprint density at radius 3 is 2.44 bits per heavy atom. The first-order chi connectivity index (χ1) is 18.6. The van der Waals surface area contributed by atoms with Gasteiger partial charge in [0.25, 0.3) is 11.5 Å². The largest absolute Gasteiger partial charge is 0.368 e. The molecule has 5 atom stereocenters. The summed E-state index contributed by atoms with van der Waals surface area (Å²) in [5.41, 5.74) is 4.65. The van der Waals surface area contributed by atoms with E-state index in [1.807, 2.05) is 13.8 Å². The van der Waals surface area contributed by atoms with E-state index in [-0.39, 0.29) is 54.2 Å². The zero-order chi connectivity index (χ0) is 30.9. The molecule has 5 N–H and O–H groups in total. The molecule has 1 aromatic heterocycles. The van der Waals surface area contributed by atoms with Crippen LogP contribution >= 0.6 is 0 Å². The van der Waals surface area contributed by atoms with E-state index in [0.29, 0.717) is 5.69 Å². The number of aromatic nitrogens is 1. The molecule has 3 aliphatic rings. The van der Waals surface area contributed by atoms with Gasteiger partial charge in [-0.25, -0.2) is 21.9 Å². The number of halogens is 2. The minimum atomic E-state index is -3.77. The second-order valence-electron chi connectivity index (χ2n) is 13.4. The highest BCUT2D eigenvalue weighted by atomic mass is 32.2. The average molecular weight is 600 g/mol. The summed E-state index contributed by atoms with van der Waals surface area (Å²) in [6.07, 6.45) is -0.280. The molecule has 2 aliphatic carbocycles. The first-order valence-corrected chi connectivity index (χ1v) is 15.5. The Labute approximate surface area is 238 Å². The number of likely N-dealkylation sites (tertiary alicyclic amines) is 1. The predicted molar refractivity (Wildman–Crippen MR) is 146 cm³/mol. The summed E-state index contributed by atoms with van der Waals surface area (Å²) in [5, 5.41) is 2.59. The van der Waals surface area contributed by atoms with Gasteiger partial charge >= 0.3 is 0 Å². The van der Waals surface area contributed by atoms with Crippen LogP contribution in [-0.4, -0.2) is 72.9 Å². The molecule has 228 valence electrons. The number of fused-ring (bicyclic) bond motifs is 2. The SMILES string of the molecule is CC(C)(C)[C@H](NS(C)(=O)=O)C(=O)N1C[C@H]2[C@@H]([C@H]1C(=O)NC(Cc1cc3c([nH]c1=O)CCC(F)(F)C3)C(N)=O)C2(C)C. The number of hydrogen-bond donors (Lipinski definition) is 4. The fourth-order valence-corrected chi connectivity index (χ4v) is 7.24. The fourth-order valence-electron chi connectivity index (χ4n) is 6.36. The summed E-state index contributed by atoms with van der Waals surface area (Å²) in [4.78, 5) is 56.5. The van der Waals surface area contributed by atoms with Gasteiger partial charge in [0.05, 0.1) is 6.26 Å². The third-order valence-corrected chi connectivity index (χ3v) is 9.43. The van der Waals surface area contributed by atoms with E-state index in [1.54, 1.807) is 20.8 Å². The lowest BCUT2D eigenvalue weighted by Crippen LogP contribution is -2.60. The maximum Gasteiger partial charge on any atom is 0.252 e. The van der Waals surface area contributed by atoms with Crippen molar-refractivity contribution in [2.75, 3.05) is 12.8 Å². The number of carbonyl (C=O) groups is 3. The monoisotopic (exact) mass is 599 g/mol. The van der Waals surface area contributed by atoms with Crippen LogP contribution in [0.2, 0.25) is 0 Å². The molecule has 14 heteroatoms. The van der Waals surface area contributed by atoms with Gasteiger partial charge in [-0.05, 0) is 40.7 Å². The maximum absolute atomic E-state index is 14.0. The van der Waals surface area contributed by atoms with Crippen molar-refractivity contribution in [2.24, 2.45) is 28.4 Å². The number of amides is 3. The molecular weight excluding hydrogens is 560 g/mol. The molecule has 1 aliphatic heterocycles. The normalized spacial score (nSPS) is 26.0. The number of aromatic amines is 1. The number of nitrogens with two attached hydrogens (primary N) is 1. The predicted octanol–water partition coefficient (Wildman–Crippen LogP) is 0.458. The van der Waals surface area contributed by atoms with Crippen molar-refractivity contribution in [1.82, 2.24) is 19.9 Å². The van der Waals surface area contributed by atoms with Crippen molar-refractivity contribution in [3.8, 4) is 0 Å². The first-order valence-electron chi connectivity index (χ1n) is 13.6. The Bertz CT molecular complexity index is 1430. The molecule has 0 spiro atoms. The number of primary amides is 1. The molecule has 1 saturated heterocycles. The number of carbonyl (C=O) groups excluding carboxylic acids is 3. The maximum atomic E-state index is 14.0. The van der Waals surface area contributed by atoms with Crippen LogP contribution in [0.4, 0.5) is 8.78 Å². The van der Waals surface area contributed by atoms with Crippen LogP contribution in [0, 0.1) is 22.7 Å². The lowest BCUT2D eigenvalue weighted by atomic mass is 9.86. The molecule has 0 bridgehead atoms. The van der Waals surface area contributed by atoms with Crippen molar-refractivity contribution >= 4 is 27.7 Å². The van der Waals surface area contributed by atoms with E-state index in [2.05, 4.69) is 15.0 Å². The smallest absolute Gasteiger partial charge is 0.252 e. The topological polar surface area (TPSA) is 172 Å². The van der Waals surface area contributed by atoms with Gasteiger partial charge in [-0.2, -0.15) is 0 Å². The van der Waals surface area contributed by atoms with Gasteiger partial charge in [0.2, 0.25) is 27.7 Å². The Hall–Kier alpha value is -2.87. The van der Waals surface area contributed by atoms with Gasteiger partial charge in [0.1, 0.15) is 18.1 Å². The lowest BCUT2D eigenvalue weighted by Gasteiger charge is -2.37. The number of pyridine rings is 1. The van der Waals surface area contributed by atoms with Crippen molar-refractivity contribution in [2.45, 2.75) is 84.4 Å². The number of piperidine rings is 1. The van der Waals surface area contributed by atoms with E-state index in [1.165, 1.54) is 11.0 Å². The highest BCUT2D eigenvalue weighted by Gasteiger charge is 2.69. The molecule has 0 radical (unpaired) electrons. The van der Waals surface area contributed by atoms with E-state index < -0.39 is 69.2 Å². The number of H-pyrrole nitrogens is 1. The summed E-state index contributed by atoms with van der Waals surface area (Å²) < 4.78 is 54.5. The fraction of sp³-hybridized carbons (Fsp3) is 0.704. The number of alkyl halides is 2. The van der Waals surface area contributed by atoms with E-state index >= 15 is 0 Å². The number of aryl methyl sites for hydroxylation is 1. The lowest BCUT2D eigenvalue weighted by molar-refractivity contribution is -0.144. The van der Waals surface area contributed by atoms with Gasteiger partial charge < -0.3 is 20.9 Å². The quantitative estimate of drug-likeness (QED) is 0.338. The summed E-state index contributed by atoms with van der Waals surface area (Å²) in [5.74, 6) is -5.33. The van der Waals surface area contributed by atoms with Crippen LogP contribution in [0.25, 0.3) is 0 Å². The minimum Gasteiger partial charge on any atom is -0.368 e. The molecule has 1 saturated carbocycles. The van der Waals surface area contributed by atoms with Gasteiger partial charge in [-0.1, -0.05) is 34.6 Å². The van der Waals surface area contributed by atoms with Crippen molar-refractivity contribution in [3.63, 3.8) is 0 Å². The molecule has 1 unspecified atom stereocenters. The third-order valence-electron chi connectivity index (χ3n) is 8.77. The molecule has 1 aromatic rings. The molecule has 3 amide bonds. The van der Waals surface area contributed by atoms with Crippen molar-refractivity contribution in [3.05, 3.63) is 33.2 Å². The molecule has 0 aromatic carbocycles. The van der Waals surface area contributed by atoms with E-state index in [0.717, 1.165) is 6.26 Å². The summed E-state index contributed by atoms with van der Waals surface area (Å²) in [6, 6.07) is -2.17.